The summed E-state index contributed by atoms with van der Waals surface area (Å²) in [6.07, 6.45) is 0. The number of rotatable bonds is 6. The zero-order valence-electron chi connectivity index (χ0n) is 11.5. The summed E-state index contributed by atoms with van der Waals surface area (Å²) in [6, 6.07) is 6.76. The maximum atomic E-state index is 12.0. The van der Waals surface area contributed by atoms with Crippen molar-refractivity contribution < 1.29 is 14.3 Å². The second-order valence-electron chi connectivity index (χ2n) is 4.05. The summed E-state index contributed by atoms with van der Waals surface area (Å²) in [5.41, 5.74) is 0.504. The number of carbonyl (C=O) groups excluding carboxylic acids is 2. The lowest BCUT2D eigenvalue weighted by Gasteiger charge is -2.02. The number of ketones is 1. The highest BCUT2D eigenvalue weighted by Gasteiger charge is 2.11. The Bertz CT molecular complexity index is 640. The van der Waals surface area contributed by atoms with Crippen molar-refractivity contribution in [2.45, 2.75) is 11.3 Å². The molecule has 0 aliphatic rings. The van der Waals surface area contributed by atoms with Gasteiger partial charge in [-0.05, 0) is 31.2 Å². The van der Waals surface area contributed by atoms with Gasteiger partial charge >= 0.3 is 0 Å². The number of hydrogen-bond donors (Lipinski definition) is 1. The number of benzene rings is 1. The molecule has 0 saturated carbocycles. The first-order chi connectivity index (χ1) is 10.1. The summed E-state index contributed by atoms with van der Waals surface area (Å²) in [6.45, 7) is 1.51. The van der Waals surface area contributed by atoms with Gasteiger partial charge in [-0.15, -0.1) is 10.2 Å². The Morgan fingerprint density at radius 2 is 2.00 bits per heavy atom. The van der Waals surface area contributed by atoms with Crippen LogP contribution in [-0.2, 0) is 4.79 Å². The fraction of sp³-hybridized carbons (Fsp3) is 0.231. The fourth-order valence-electron chi connectivity index (χ4n) is 1.39. The normalized spacial score (nSPS) is 10.2. The monoisotopic (exact) mass is 323 g/mol. The number of carbonyl (C=O) groups is 2. The second-order valence-corrected chi connectivity index (χ2v) is 6.25. The van der Waals surface area contributed by atoms with Crippen LogP contribution in [0.5, 0.6) is 5.75 Å². The van der Waals surface area contributed by atoms with Gasteiger partial charge in [0.25, 0.3) is 5.91 Å². The molecule has 0 spiro atoms. The zero-order chi connectivity index (χ0) is 15.2. The molecule has 1 aromatic carbocycles. The number of nitrogens with one attached hydrogen (secondary N) is 1. The summed E-state index contributed by atoms with van der Waals surface area (Å²) in [7, 11) is 1.57. The summed E-state index contributed by atoms with van der Waals surface area (Å²) in [5, 5.41) is 10.9. The first kappa shape index (κ1) is 15.5. The van der Waals surface area contributed by atoms with E-state index in [0.717, 1.165) is 0 Å². The predicted octanol–water partition coefficient (Wildman–Crippen LogP) is 2.48. The topological polar surface area (TPSA) is 81.2 Å². The maximum absolute atomic E-state index is 12.0. The van der Waals surface area contributed by atoms with Crippen LogP contribution in [0.25, 0.3) is 0 Å². The molecule has 8 heteroatoms. The average Bonchev–Trinajstić information content (AvgIpc) is 2.92. The minimum absolute atomic E-state index is 0.0685. The molecule has 6 nitrogen and oxygen atoms in total. The van der Waals surface area contributed by atoms with Crippen molar-refractivity contribution in [3.63, 3.8) is 0 Å². The Kier molecular flexibility index (Phi) is 5.29. The van der Waals surface area contributed by atoms with Gasteiger partial charge in [0, 0.05) is 5.56 Å². The van der Waals surface area contributed by atoms with Crippen LogP contribution < -0.4 is 10.1 Å². The first-order valence-corrected chi connectivity index (χ1v) is 7.80. The van der Waals surface area contributed by atoms with Crippen molar-refractivity contribution in [3.8, 4) is 5.75 Å². The van der Waals surface area contributed by atoms with Crippen molar-refractivity contribution in [1.82, 2.24) is 10.2 Å². The summed E-state index contributed by atoms with van der Waals surface area (Å²) in [4.78, 5) is 22.9. The molecule has 2 rings (SSSR count). The molecule has 1 amide bonds. The van der Waals surface area contributed by atoms with Crippen LogP contribution in [0.4, 0.5) is 5.13 Å². The van der Waals surface area contributed by atoms with E-state index in [4.69, 9.17) is 4.74 Å². The van der Waals surface area contributed by atoms with Crippen LogP contribution in [0.15, 0.2) is 28.6 Å². The van der Waals surface area contributed by atoms with E-state index in [0.29, 0.717) is 26.5 Å². The van der Waals surface area contributed by atoms with Crippen LogP contribution in [0.1, 0.15) is 17.3 Å². The fourth-order valence-corrected chi connectivity index (χ4v) is 2.94. The number of nitrogens with zero attached hydrogens (tertiary/aromatic N) is 2. The lowest BCUT2D eigenvalue weighted by atomic mass is 10.2. The lowest BCUT2D eigenvalue weighted by Crippen LogP contribution is -2.11. The third-order valence-electron chi connectivity index (χ3n) is 2.38. The third kappa shape index (κ3) is 4.54. The minimum atomic E-state index is -0.267. The molecule has 0 atom stereocenters. The average molecular weight is 323 g/mol. The molecular formula is C13H13N3O3S2. The van der Waals surface area contributed by atoms with Crippen molar-refractivity contribution in [3.05, 3.63) is 29.8 Å². The number of amides is 1. The quantitative estimate of drug-likeness (QED) is 0.650. The lowest BCUT2D eigenvalue weighted by molar-refractivity contribution is -0.114. The molecule has 1 N–H and O–H groups in total. The molecule has 1 heterocycles. The number of hydrogen-bond acceptors (Lipinski definition) is 7. The van der Waals surface area contributed by atoms with Gasteiger partial charge in [-0.2, -0.15) is 0 Å². The largest absolute Gasteiger partial charge is 0.497 e. The molecule has 0 radical (unpaired) electrons. The van der Waals surface area contributed by atoms with Gasteiger partial charge in [0.2, 0.25) is 5.13 Å². The van der Waals surface area contributed by atoms with E-state index >= 15 is 0 Å². The highest BCUT2D eigenvalue weighted by atomic mass is 32.2. The number of ether oxygens (including phenoxy) is 1. The highest BCUT2D eigenvalue weighted by Crippen LogP contribution is 2.25. The van der Waals surface area contributed by atoms with Crippen LogP contribution in [-0.4, -0.2) is 34.8 Å². The molecule has 110 valence electrons. The third-order valence-corrected chi connectivity index (χ3v) is 4.49. The number of anilines is 1. The summed E-state index contributed by atoms with van der Waals surface area (Å²) in [5.74, 6) is 0.836. The van der Waals surface area contributed by atoms with Crippen molar-refractivity contribution >= 4 is 39.9 Å². The standard InChI is InChI=1S/C13H13N3O3S2/c1-8(17)7-20-13-16-15-12(21-13)14-11(18)9-3-5-10(19-2)6-4-9/h3-6H,7H2,1-2H3,(H,14,15,18). The van der Waals surface area contributed by atoms with Crippen molar-refractivity contribution in [1.29, 1.82) is 0 Å². The van der Waals surface area contributed by atoms with Gasteiger partial charge in [0.1, 0.15) is 11.5 Å². The molecule has 0 saturated heterocycles. The summed E-state index contributed by atoms with van der Waals surface area (Å²) < 4.78 is 5.68. The Morgan fingerprint density at radius 3 is 2.62 bits per heavy atom. The minimum Gasteiger partial charge on any atom is -0.497 e. The van der Waals surface area contributed by atoms with E-state index in [1.165, 1.54) is 30.0 Å². The van der Waals surface area contributed by atoms with E-state index in [-0.39, 0.29) is 11.7 Å². The second kappa shape index (κ2) is 7.19. The molecule has 0 unspecified atom stereocenters. The Morgan fingerprint density at radius 1 is 1.29 bits per heavy atom. The highest BCUT2D eigenvalue weighted by molar-refractivity contribution is 8.01. The van der Waals surface area contributed by atoms with Gasteiger partial charge in [0.15, 0.2) is 4.34 Å². The van der Waals surface area contributed by atoms with Crippen LogP contribution in [0.2, 0.25) is 0 Å². The Hall–Kier alpha value is -1.93. The van der Waals surface area contributed by atoms with Crippen molar-refractivity contribution in [2.24, 2.45) is 0 Å². The Labute approximate surface area is 129 Å². The SMILES string of the molecule is COc1ccc(C(=O)Nc2nnc(SCC(C)=O)s2)cc1. The van der Waals surface area contributed by atoms with Crippen LogP contribution >= 0.6 is 23.1 Å². The Balaban J connectivity index is 1.97. The number of methoxy groups -OCH3 is 1. The van der Waals surface area contributed by atoms with Crippen molar-refractivity contribution in [2.75, 3.05) is 18.2 Å². The molecule has 2 aromatic rings. The molecule has 21 heavy (non-hydrogen) atoms. The van der Waals surface area contributed by atoms with E-state index in [1.54, 1.807) is 31.4 Å². The molecule has 0 fully saturated rings. The predicted molar refractivity (Wildman–Crippen MR) is 82.3 cm³/mol. The molecule has 1 aromatic heterocycles. The smallest absolute Gasteiger partial charge is 0.257 e. The zero-order valence-corrected chi connectivity index (χ0v) is 13.1. The number of thioether (sulfide) groups is 1. The van der Waals surface area contributed by atoms with E-state index in [1.807, 2.05) is 0 Å². The van der Waals surface area contributed by atoms with Gasteiger partial charge in [-0.25, -0.2) is 0 Å². The van der Waals surface area contributed by atoms with Crippen LogP contribution in [0.3, 0.4) is 0 Å². The van der Waals surface area contributed by atoms with Gasteiger partial charge < -0.3 is 4.74 Å². The number of aromatic nitrogens is 2. The van der Waals surface area contributed by atoms with Gasteiger partial charge in [-0.3, -0.25) is 14.9 Å². The van der Waals surface area contributed by atoms with Crippen LogP contribution in [0, 0.1) is 0 Å². The van der Waals surface area contributed by atoms with E-state index in [9.17, 15) is 9.59 Å². The van der Waals surface area contributed by atoms with Gasteiger partial charge in [-0.1, -0.05) is 23.1 Å². The first-order valence-electron chi connectivity index (χ1n) is 5.99. The molecule has 0 bridgehead atoms. The maximum Gasteiger partial charge on any atom is 0.257 e. The van der Waals surface area contributed by atoms with Gasteiger partial charge in [0.05, 0.1) is 12.9 Å². The molecule has 0 aliphatic heterocycles. The summed E-state index contributed by atoms with van der Waals surface area (Å²) >= 11 is 2.54. The van der Waals surface area contributed by atoms with E-state index in [2.05, 4.69) is 15.5 Å². The molecular weight excluding hydrogens is 310 g/mol. The molecule has 0 aliphatic carbocycles. The number of Topliss-reactive ketones (excluding diaryl/α,β-unsaturated/α-hetero) is 1. The van der Waals surface area contributed by atoms with E-state index < -0.39 is 0 Å².